The fourth-order valence-corrected chi connectivity index (χ4v) is 2.80. The van der Waals surface area contributed by atoms with Gasteiger partial charge in [-0.3, -0.25) is 10.1 Å². The Kier molecular flexibility index (Phi) is 6.62. The van der Waals surface area contributed by atoms with Crippen LogP contribution >= 0.6 is 11.3 Å². The second-order valence-corrected chi connectivity index (χ2v) is 6.16. The van der Waals surface area contributed by atoms with Gasteiger partial charge in [-0.15, -0.1) is 11.3 Å². The van der Waals surface area contributed by atoms with Crippen molar-refractivity contribution in [1.29, 1.82) is 0 Å². The van der Waals surface area contributed by atoms with Crippen molar-refractivity contribution in [2.24, 2.45) is 0 Å². The van der Waals surface area contributed by atoms with E-state index in [1.54, 1.807) is 12.1 Å². The van der Waals surface area contributed by atoms with Gasteiger partial charge in [0.1, 0.15) is 0 Å². The van der Waals surface area contributed by atoms with Crippen LogP contribution < -0.4 is 16.0 Å². The van der Waals surface area contributed by atoms with Gasteiger partial charge in [0.15, 0.2) is 0 Å². The molecule has 0 saturated carbocycles. The second-order valence-electron chi connectivity index (χ2n) is 5.07. The molecule has 0 fully saturated rings. The third kappa shape index (κ3) is 5.75. The number of rotatable bonds is 7. The van der Waals surface area contributed by atoms with Crippen molar-refractivity contribution in [3.8, 4) is 0 Å². The molecule has 2 aromatic rings. The average molecular weight is 331 g/mol. The summed E-state index contributed by atoms with van der Waals surface area (Å²) < 4.78 is 0. The highest BCUT2D eigenvalue weighted by molar-refractivity contribution is 7.18. The van der Waals surface area contributed by atoms with Crippen LogP contribution in [-0.4, -0.2) is 18.5 Å². The highest BCUT2D eigenvalue weighted by atomic mass is 32.1. The van der Waals surface area contributed by atoms with Crippen molar-refractivity contribution in [2.75, 3.05) is 17.2 Å². The van der Waals surface area contributed by atoms with Crippen LogP contribution in [0.3, 0.4) is 0 Å². The molecule has 3 N–H and O–H groups in total. The topological polar surface area (TPSA) is 70.2 Å². The van der Waals surface area contributed by atoms with Gasteiger partial charge in [-0.25, -0.2) is 4.79 Å². The summed E-state index contributed by atoms with van der Waals surface area (Å²) in [7, 11) is 0. The third-order valence-electron chi connectivity index (χ3n) is 3.16. The number of carbonyl (C=O) groups is 2. The summed E-state index contributed by atoms with van der Waals surface area (Å²) in [5, 5.41) is 8.98. The molecular weight excluding hydrogens is 310 g/mol. The van der Waals surface area contributed by atoms with Gasteiger partial charge in [-0.1, -0.05) is 38.0 Å². The van der Waals surface area contributed by atoms with Gasteiger partial charge >= 0.3 is 6.03 Å². The molecule has 0 atom stereocenters. The van der Waals surface area contributed by atoms with Gasteiger partial charge < -0.3 is 10.6 Å². The van der Waals surface area contributed by atoms with Crippen LogP contribution in [0.1, 0.15) is 35.9 Å². The number of hydrogen-bond acceptors (Lipinski definition) is 3. The summed E-state index contributed by atoms with van der Waals surface area (Å²) in [6, 6.07) is 12.3. The summed E-state index contributed by atoms with van der Waals surface area (Å²) in [6.07, 6.45) is 3.22. The molecule has 0 aliphatic carbocycles. The minimum atomic E-state index is -0.326. The number of nitrogens with one attached hydrogen (secondary N) is 3. The molecular formula is C17H21N3O2S. The predicted octanol–water partition coefficient (Wildman–Crippen LogP) is 4.31. The molecule has 0 saturated heterocycles. The van der Waals surface area contributed by atoms with Crippen molar-refractivity contribution >= 4 is 34.0 Å². The third-order valence-corrected chi connectivity index (χ3v) is 4.16. The fourth-order valence-electron chi connectivity index (χ4n) is 1.99. The average Bonchev–Trinajstić information content (AvgIpc) is 3.00. The molecule has 0 aliphatic rings. The minimum absolute atomic E-state index is 0.0948. The summed E-state index contributed by atoms with van der Waals surface area (Å²) in [5.74, 6) is -0.0948. The van der Waals surface area contributed by atoms with Gasteiger partial charge in [0.2, 0.25) is 0 Å². The summed E-state index contributed by atoms with van der Waals surface area (Å²) in [5.41, 5.74) is 0.718. The minimum Gasteiger partial charge on any atom is -0.351 e. The number of para-hydroxylation sites is 1. The van der Waals surface area contributed by atoms with E-state index in [4.69, 9.17) is 0 Å². The first kappa shape index (κ1) is 17.0. The van der Waals surface area contributed by atoms with Crippen molar-refractivity contribution in [1.82, 2.24) is 5.32 Å². The number of unbranched alkanes of at least 4 members (excludes halogenated alkanes) is 2. The lowest BCUT2D eigenvalue weighted by molar-refractivity contribution is 0.0957. The molecule has 1 aromatic heterocycles. The van der Waals surface area contributed by atoms with E-state index < -0.39 is 0 Å². The number of carbonyl (C=O) groups excluding carboxylic acids is 2. The van der Waals surface area contributed by atoms with E-state index in [9.17, 15) is 9.59 Å². The van der Waals surface area contributed by atoms with Crippen molar-refractivity contribution in [3.05, 3.63) is 47.3 Å². The number of hydrogen-bond donors (Lipinski definition) is 3. The quantitative estimate of drug-likeness (QED) is 0.662. The first-order chi connectivity index (χ1) is 11.2. The Morgan fingerprint density at radius 1 is 1.00 bits per heavy atom. The van der Waals surface area contributed by atoms with E-state index in [1.165, 1.54) is 11.3 Å². The van der Waals surface area contributed by atoms with E-state index in [1.807, 2.05) is 30.3 Å². The van der Waals surface area contributed by atoms with Crippen LogP contribution in [-0.2, 0) is 0 Å². The highest BCUT2D eigenvalue weighted by Crippen LogP contribution is 2.22. The Morgan fingerprint density at radius 3 is 2.52 bits per heavy atom. The second kappa shape index (κ2) is 8.95. The predicted molar refractivity (Wildman–Crippen MR) is 95.3 cm³/mol. The van der Waals surface area contributed by atoms with Gasteiger partial charge in [0, 0.05) is 12.2 Å². The van der Waals surface area contributed by atoms with Crippen LogP contribution in [0.2, 0.25) is 0 Å². The van der Waals surface area contributed by atoms with Crippen LogP contribution in [0.25, 0.3) is 0 Å². The monoisotopic (exact) mass is 331 g/mol. The molecule has 0 spiro atoms. The maximum absolute atomic E-state index is 12.0. The van der Waals surface area contributed by atoms with Gasteiger partial charge in [0.05, 0.1) is 9.88 Å². The van der Waals surface area contributed by atoms with Gasteiger partial charge in [-0.05, 0) is 30.7 Å². The molecule has 122 valence electrons. The van der Waals surface area contributed by atoms with E-state index >= 15 is 0 Å². The summed E-state index contributed by atoms with van der Waals surface area (Å²) >= 11 is 1.26. The Morgan fingerprint density at radius 2 is 1.78 bits per heavy atom. The summed E-state index contributed by atoms with van der Waals surface area (Å²) in [4.78, 5) is 24.5. The van der Waals surface area contributed by atoms with Gasteiger partial charge in [0.25, 0.3) is 5.91 Å². The first-order valence-electron chi connectivity index (χ1n) is 7.70. The fraction of sp³-hybridized carbons (Fsp3) is 0.294. The van der Waals surface area contributed by atoms with Gasteiger partial charge in [-0.2, -0.15) is 0 Å². The lowest BCUT2D eigenvalue weighted by Gasteiger charge is -2.05. The lowest BCUT2D eigenvalue weighted by atomic mass is 10.2. The maximum Gasteiger partial charge on any atom is 0.324 e. The molecule has 23 heavy (non-hydrogen) atoms. The maximum atomic E-state index is 12.0. The van der Waals surface area contributed by atoms with Crippen LogP contribution in [0.4, 0.5) is 15.5 Å². The highest BCUT2D eigenvalue weighted by Gasteiger charge is 2.10. The number of amides is 3. The standard InChI is InChI=1S/C17H21N3O2S/c1-2-3-7-12-18-16(21)14-10-11-15(23-14)20-17(22)19-13-8-5-4-6-9-13/h4-6,8-11H,2-3,7,12H2,1H3,(H,18,21)(H2,19,20,22). The van der Waals surface area contributed by atoms with Crippen molar-refractivity contribution in [2.45, 2.75) is 26.2 Å². The smallest absolute Gasteiger partial charge is 0.324 e. The van der Waals surface area contributed by atoms with Crippen molar-refractivity contribution in [3.63, 3.8) is 0 Å². The Bertz CT molecular complexity index is 640. The molecule has 1 heterocycles. The van der Waals surface area contributed by atoms with E-state index in [0.717, 1.165) is 24.9 Å². The number of urea groups is 1. The molecule has 2 rings (SSSR count). The normalized spacial score (nSPS) is 10.1. The molecule has 0 unspecified atom stereocenters. The SMILES string of the molecule is CCCCCNC(=O)c1ccc(NC(=O)Nc2ccccc2)s1. The molecule has 0 radical (unpaired) electrons. The Balaban J connectivity index is 1.82. The summed E-state index contributed by atoms with van der Waals surface area (Å²) in [6.45, 7) is 2.81. The zero-order valence-corrected chi connectivity index (χ0v) is 13.9. The molecule has 0 bridgehead atoms. The zero-order valence-electron chi connectivity index (χ0n) is 13.1. The molecule has 3 amide bonds. The Hall–Kier alpha value is -2.34. The number of anilines is 2. The van der Waals surface area contributed by atoms with Crippen molar-refractivity contribution < 1.29 is 9.59 Å². The van der Waals surface area contributed by atoms with Crippen LogP contribution in [0.5, 0.6) is 0 Å². The molecule has 5 nitrogen and oxygen atoms in total. The van der Waals surface area contributed by atoms with Crippen LogP contribution in [0, 0.1) is 0 Å². The number of benzene rings is 1. The van der Waals surface area contributed by atoms with Crippen LogP contribution in [0.15, 0.2) is 42.5 Å². The van der Waals surface area contributed by atoms with E-state index in [2.05, 4.69) is 22.9 Å². The first-order valence-corrected chi connectivity index (χ1v) is 8.52. The van der Waals surface area contributed by atoms with E-state index in [0.29, 0.717) is 16.4 Å². The molecule has 6 heteroatoms. The lowest BCUT2D eigenvalue weighted by Crippen LogP contribution is -2.23. The number of thiophene rings is 1. The van der Waals surface area contributed by atoms with E-state index in [-0.39, 0.29) is 11.9 Å². The Labute approximate surface area is 140 Å². The zero-order chi connectivity index (χ0) is 16.5. The molecule has 1 aromatic carbocycles. The largest absolute Gasteiger partial charge is 0.351 e. The molecule has 0 aliphatic heterocycles.